The molecule has 2 aromatic rings. The molecule has 1 aromatic heterocycles. The third kappa shape index (κ3) is 3.30. The number of hydrogen-bond acceptors (Lipinski definition) is 6. The number of nitrogens with one attached hydrogen (secondary N) is 3. The van der Waals surface area contributed by atoms with Crippen LogP contribution >= 0.6 is 0 Å². The molecule has 0 fully saturated rings. The van der Waals surface area contributed by atoms with E-state index in [4.69, 9.17) is 10.8 Å². The van der Waals surface area contributed by atoms with E-state index in [1.165, 1.54) is 0 Å². The van der Waals surface area contributed by atoms with Crippen molar-refractivity contribution in [3.63, 3.8) is 0 Å². The molecule has 0 radical (unpaired) electrons. The van der Waals surface area contributed by atoms with Crippen LogP contribution in [-0.2, 0) is 0 Å². The van der Waals surface area contributed by atoms with E-state index in [2.05, 4.69) is 20.7 Å². The highest BCUT2D eigenvalue weighted by molar-refractivity contribution is 5.41. The maximum Gasteiger partial charge on any atom is 0.198 e. The molecule has 6 heteroatoms. The van der Waals surface area contributed by atoms with E-state index in [9.17, 15) is 0 Å². The molecule has 0 amide bonds. The van der Waals surface area contributed by atoms with Crippen LogP contribution in [0.2, 0.25) is 0 Å². The minimum Gasteiger partial charge on any atom is -0.279 e. The zero-order valence-corrected chi connectivity index (χ0v) is 9.73. The Balaban J connectivity index is 0.000000686. The Morgan fingerprint density at radius 3 is 2.06 bits per heavy atom. The lowest BCUT2D eigenvalue weighted by Gasteiger charge is -1.96. The quantitative estimate of drug-likeness (QED) is 0.645. The van der Waals surface area contributed by atoms with Crippen LogP contribution in [0.15, 0.2) is 35.4 Å². The first-order valence-electron chi connectivity index (χ1n) is 5.26. The molecule has 0 saturated heterocycles. The van der Waals surface area contributed by atoms with Crippen LogP contribution in [0.3, 0.4) is 0 Å². The normalized spacial score (nSPS) is 9.06. The number of benzene rings is 1. The summed E-state index contributed by atoms with van der Waals surface area (Å²) in [5, 5.41) is 25.5. The van der Waals surface area contributed by atoms with Crippen molar-refractivity contribution in [2.75, 3.05) is 5.43 Å². The summed E-state index contributed by atoms with van der Waals surface area (Å²) in [5.74, 6) is 0. The van der Waals surface area contributed by atoms with Crippen LogP contribution in [0, 0.1) is 10.8 Å². The lowest BCUT2D eigenvalue weighted by atomic mass is 10.3. The van der Waals surface area contributed by atoms with Gasteiger partial charge in [-0.1, -0.05) is 32.0 Å². The summed E-state index contributed by atoms with van der Waals surface area (Å²) in [7, 11) is 0. The van der Waals surface area contributed by atoms with Crippen molar-refractivity contribution in [3.05, 3.63) is 46.7 Å². The predicted octanol–water partition coefficient (Wildman–Crippen LogP) is 0.265. The van der Waals surface area contributed by atoms with Crippen LogP contribution in [0.4, 0.5) is 5.69 Å². The van der Waals surface area contributed by atoms with Crippen molar-refractivity contribution >= 4 is 5.69 Å². The topological polar surface area (TPSA) is 97.9 Å². The third-order valence-corrected chi connectivity index (χ3v) is 1.77. The largest absolute Gasteiger partial charge is 0.279 e. The highest BCUT2D eigenvalue weighted by Crippen LogP contribution is 2.03. The molecule has 0 aliphatic heterocycles. The zero-order valence-electron chi connectivity index (χ0n) is 9.73. The van der Waals surface area contributed by atoms with Crippen LogP contribution in [0.1, 0.15) is 13.8 Å². The first-order chi connectivity index (χ1) is 8.27. The number of anilines is 1. The van der Waals surface area contributed by atoms with Gasteiger partial charge in [-0.2, -0.15) is 5.10 Å². The number of rotatable bonds is 2. The predicted molar refractivity (Wildman–Crippen MR) is 63.1 cm³/mol. The Bertz CT molecular complexity index is 564. The molecule has 0 saturated carbocycles. The summed E-state index contributed by atoms with van der Waals surface area (Å²) in [6.45, 7) is 4.00. The van der Waals surface area contributed by atoms with Gasteiger partial charge >= 0.3 is 0 Å². The number of para-hydroxylation sites is 1. The van der Waals surface area contributed by atoms with Gasteiger partial charge < -0.3 is 0 Å². The molecular formula is C11H14N6. The van der Waals surface area contributed by atoms with Gasteiger partial charge in [0.25, 0.3) is 0 Å². The van der Waals surface area contributed by atoms with Gasteiger partial charge in [-0.15, -0.1) is 10.2 Å². The molecule has 88 valence electrons. The van der Waals surface area contributed by atoms with Crippen LogP contribution < -0.4 is 21.8 Å². The third-order valence-electron chi connectivity index (χ3n) is 1.77. The number of aromatic nitrogens is 2. The molecule has 6 nitrogen and oxygen atoms in total. The summed E-state index contributed by atoms with van der Waals surface area (Å²) in [4.78, 5) is 0. The van der Waals surface area contributed by atoms with Gasteiger partial charge in [0.1, 0.15) is 0 Å². The highest BCUT2D eigenvalue weighted by atomic mass is 15.3. The van der Waals surface area contributed by atoms with E-state index < -0.39 is 0 Å². The van der Waals surface area contributed by atoms with Gasteiger partial charge in [0.05, 0.1) is 5.69 Å². The van der Waals surface area contributed by atoms with Crippen molar-refractivity contribution in [2.45, 2.75) is 13.8 Å². The van der Waals surface area contributed by atoms with Crippen molar-refractivity contribution in [1.29, 1.82) is 10.8 Å². The summed E-state index contributed by atoms with van der Waals surface area (Å²) in [6.07, 6.45) is 0. The van der Waals surface area contributed by atoms with Crippen LogP contribution in [0.25, 0.3) is 0 Å². The van der Waals surface area contributed by atoms with Crippen molar-refractivity contribution < 1.29 is 0 Å². The second-order valence-electron chi connectivity index (χ2n) is 2.84. The van der Waals surface area contributed by atoms with Gasteiger partial charge in [-0.05, 0) is 12.1 Å². The van der Waals surface area contributed by atoms with Crippen LogP contribution in [-0.4, -0.2) is 10.2 Å². The Morgan fingerprint density at radius 2 is 1.53 bits per heavy atom. The standard InChI is InChI=1S/C9H8N6.C2H6/c10-8-7(9(11)15-14-8)13-12-6-4-2-1-3-5-6;1-2/h1-5,10-12H;1-2H3. The highest BCUT2D eigenvalue weighted by Gasteiger charge is 1.94. The fourth-order valence-corrected chi connectivity index (χ4v) is 1.05. The molecular weight excluding hydrogens is 216 g/mol. The fraction of sp³-hybridized carbons (Fsp3) is 0.182. The van der Waals surface area contributed by atoms with Gasteiger partial charge in [-0.25, -0.2) is 0 Å². The van der Waals surface area contributed by atoms with Gasteiger partial charge in [0.15, 0.2) is 16.3 Å². The Labute approximate surface area is 98.4 Å². The first kappa shape index (κ1) is 12.7. The minimum absolute atomic E-state index is 0.0940. The van der Waals surface area contributed by atoms with E-state index in [0.717, 1.165) is 5.69 Å². The summed E-state index contributed by atoms with van der Waals surface area (Å²) < 4.78 is 0. The van der Waals surface area contributed by atoms with Crippen LogP contribution in [0.5, 0.6) is 0 Å². The minimum atomic E-state index is -0.0940. The molecule has 0 aliphatic carbocycles. The summed E-state index contributed by atoms with van der Waals surface area (Å²) in [5.41, 5.74) is 3.33. The van der Waals surface area contributed by atoms with Crippen molar-refractivity contribution in [1.82, 2.24) is 10.2 Å². The molecule has 0 atom stereocenters. The molecule has 17 heavy (non-hydrogen) atoms. The van der Waals surface area contributed by atoms with E-state index in [1.807, 2.05) is 44.2 Å². The Morgan fingerprint density at radius 1 is 1.00 bits per heavy atom. The SMILES string of the molecule is CC.N=c1nnc(=N)c1=NNc1ccccc1. The second-order valence-corrected chi connectivity index (χ2v) is 2.84. The molecule has 3 N–H and O–H groups in total. The smallest absolute Gasteiger partial charge is 0.198 e. The Kier molecular flexibility index (Phi) is 4.68. The molecule has 2 rings (SSSR count). The first-order valence-corrected chi connectivity index (χ1v) is 5.26. The lowest BCUT2D eigenvalue weighted by molar-refractivity contribution is 0.957. The molecule has 0 unspecified atom stereocenters. The molecule has 1 aromatic carbocycles. The van der Waals surface area contributed by atoms with Crippen molar-refractivity contribution in [3.8, 4) is 0 Å². The Hall–Kier alpha value is -2.37. The maximum absolute atomic E-state index is 7.33. The summed E-state index contributed by atoms with van der Waals surface area (Å²) >= 11 is 0. The van der Waals surface area contributed by atoms with E-state index in [1.54, 1.807) is 0 Å². The number of hydrogen-bond donors (Lipinski definition) is 3. The summed E-state index contributed by atoms with van der Waals surface area (Å²) in [6, 6.07) is 9.29. The van der Waals surface area contributed by atoms with E-state index in [-0.39, 0.29) is 16.3 Å². The van der Waals surface area contributed by atoms with E-state index >= 15 is 0 Å². The van der Waals surface area contributed by atoms with Gasteiger partial charge in [0.2, 0.25) is 0 Å². The molecule has 0 bridgehead atoms. The molecule has 0 spiro atoms. The fourth-order valence-electron chi connectivity index (χ4n) is 1.05. The maximum atomic E-state index is 7.33. The number of nitrogens with zero attached hydrogens (tertiary/aromatic N) is 3. The lowest BCUT2D eigenvalue weighted by Crippen LogP contribution is -2.34. The van der Waals surface area contributed by atoms with Gasteiger partial charge in [-0.3, -0.25) is 16.2 Å². The molecule has 0 aliphatic rings. The zero-order chi connectivity index (χ0) is 12.7. The van der Waals surface area contributed by atoms with Crippen molar-refractivity contribution in [2.24, 2.45) is 5.10 Å². The molecule has 1 heterocycles. The van der Waals surface area contributed by atoms with E-state index in [0.29, 0.717) is 0 Å². The second kappa shape index (κ2) is 6.26. The monoisotopic (exact) mass is 230 g/mol. The average molecular weight is 230 g/mol. The average Bonchev–Trinajstić information content (AvgIpc) is 2.70. The van der Waals surface area contributed by atoms with Gasteiger partial charge in [0, 0.05) is 0 Å².